The smallest absolute Gasteiger partial charge is 0.248 e. The first kappa shape index (κ1) is 15.8. The zero-order valence-corrected chi connectivity index (χ0v) is 12.8. The number of halogens is 4. The number of hydrogen-bond donors (Lipinski definition) is 1. The largest absolute Gasteiger partial charge is 0.322 e. The molecule has 0 aliphatic rings. The fourth-order valence-corrected chi connectivity index (χ4v) is 2.03. The second-order valence-electron chi connectivity index (χ2n) is 4.13. The van der Waals surface area contributed by atoms with E-state index in [1.807, 2.05) is 0 Å². The van der Waals surface area contributed by atoms with Crippen LogP contribution in [0.3, 0.4) is 0 Å². The molecule has 1 amide bonds. The highest BCUT2D eigenvalue weighted by molar-refractivity contribution is 6.42. The van der Waals surface area contributed by atoms with Gasteiger partial charge < -0.3 is 5.32 Å². The Bertz CT molecular complexity index is 716. The summed E-state index contributed by atoms with van der Waals surface area (Å²) in [6.07, 6.45) is 2.92. The topological polar surface area (TPSA) is 29.1 Å². The van der Waals surface area contributed by atoms with Crippen LogP contribution < -0.4 is 5.32 Å². The lowest BCUT2D eigenvalue weighted by molar-refractivity contribution is -0.111. The maximum atomic E-state index is 13.0. The van der Waals surface area contributed by atoms with Crippen molar-refractivity contribution in [2.75, 3.05) is 5.32 Å². The second kappa shape index (κ2) is 6.94. The minimum absolute atomic E-state index is 0.0544. The summed E-state index contributed by atoms with van der Waals surface area (Å²) < 4.78 is 13.0. The molecule has 0 unspecified atom stereocenters. The van der Waals surface area contributed by atoms with Crippen LogP contribution in [-0.4, -0.2) is 5.91 Å². The Morgan fingerprint density at radius 1 is 1.00 bits per heavy atom. The van der Waals surface area contributed by atoms with E-state index >= 15 is 0 Å². The number of rotatable bonds is 3. The zero-order valence-electron chi connectivity index (χ0n) is 10.5. The van der Waals surface area contributed by atoms with Crippen molar-refractivity contribution in [3.05, 3.63) is 68.9 Å². The van der Waals surface area contributed by atoms with Crippen LogP contribution >= 0.6 is 34.8 Å². The summed E-state index contributed by atoms with van der Waals surface area (Å²) in [6.45, 7) is 0. The van der Waals surface area contributed by atoms with Gasteiger partial charge in [-0.15, -0.1) is 0 Å². The molecule has 0 fully saturated rings. The van der Waals surface area contributed by atoms with E-state index in [1.54, 1.807) is 24.3 Å². The molecule has 2 aromatic rings. The molecule has 0 saturated heterocycles. The number of hydrogen-bond acceptors (Lipinski definition) is 1. The van der Waals surface area contributed by atoms with Gasteiger partial charge >= 0.3 is 0 Å². The lowest BCUT2D eigenvalue weighted by atomic mass is 10.2. The maximum absolute atomic E-state index is 13.0. The Morgan fingerprint density at radius 2 is 1.76 bits per heavy atom. The van der Waals surface area contributed by atoms with E-state index in [9.17, 15) is 9.18 Å². The van der Waals surface area contributed by atoms with E-state index in [0.717, 1.165) is 5.56 Å². The molecule has 2 rings (SSSR count). The highest BCUT2D eigenvalue weighted by Gasteiger charge is 2.03. The Kier molecular flexibility index (Phi) is 5.23. The van der Waals surface area contributed by atoms with Crippen LogP contribution in [0.5, 0.6) is 0 Å². The number of anilines is 1. The third-order valence-corrected chi connectivity index (χ3v) is 3.59. The van der Waals surface area contributed by atoms with Gasteiger partial charge in [0.15, 0.2) is 0 Å². The number of carbonyl (C=O) groups is 1. The molecule has 0 atom stereocenters. The normalized spacial score (nSPS) is 10.9. The van der Waals surface area contributed by atoms with E-state index in [1.165, 1.54) is 24.3 Å². The molecule has 0 aliphatic heterocycles. The Hall–Kier alpha value is -1.55. The first-order chi connectivity index (χ1) is 9.95. The molecule has 0 aliphatic carbocycles. The number of benzene rings is 2. The van der Waals surface area contributed by atoms with Gasteiger partial charge in [0.1, 0.15) is 5.82 Å². The predicted octanol–water partition coefficient (Wildman–Crippen LogP) is 5.44. The summed E-state index contributed by atoms with van der Waals surface area (Å²) in [5.74, 6) is -0.912. The van der Waals surface area contributed by atoms with Gasteiger partial charge in [-0.05, 0) is 42.0 Å². The van der Waals surface area contributed by atoms with Gasteiger partial charge in [0, 0.05) is 11.8 Å². The summed E-state index contributed by atoms with van der Waals surface area (Å²) >= 11 is 17.3. The zero-order chi connectivity index (χ0) is 15.4. The van der Waals surface area contributed by atoms with Gasteiger partial charge in [0.25, 0.3) is 0 Å². The lowest BCUT2D eigenvalue weighted by Gasteiger charge is -2.03. The van der Waals surface area contributed by atoms with Crippen LogP contribution in [0.15, 0.2) is 42.5 Å². The van der Waals surface area contributed by atoms with Crippen molar-refractivity contribution in [1.82, 2.24) is 0 Å². The highest BCUT2D eigenvalue weighted by Crippen LogP contribution is 2.23. The number of carbonyl (C=O) groups excluding carboxylic acids is 1. The molecule has 21 heavy (non-hydrogen) atoms. The van der Waals surface area contributed by atoms with Crippen LogP contribution in [0.1, 0.15) is 5.56 Å². The summed E-state index contributed by atoms with van der Waals surface area (Å²) in [4.78, 5) is 11.7. The van der Waals surface area contributed by atoms with E-state index in [-0.39, 0.29) is 10.9 Å². The molecule has 2 nitrogen and oxygen atoms in total. The van der Waals surface area contributed by atoms with Gasteiger partial charge in [-0.2, -0.15) is 0 Å². The molecule has 0 aromatic heterocycles. The van der Waals surface area contributed by atoms with Crippen molar-refractivity contribution in [2.24, 2.45) is 0 Å². The average molecular weight is 345 g/mol. The molecule has 0 spiro atoms. The van der Waals surface area contributed by atoms with E-state index in [2.05, 4.69) is 5.32 Å². The summed E-state index contributed by atoms with van der Waals surface area (Å²) in [6, 6.07) is 8.95. The van der Waals surface area contributed by atoms with Crippen molar-refractivity contribution in [3.63, 3.8) is 0 Å². The molecular formula is C15H9Cl3FNO. The number of amides is 1. The molecule has 1 N–H and O–H groups in total. The van der Waals surface area contributed by atoms with Gasteiger partial charge in [0.05, 0.1) is 15.1 Å². The second-order valence-corrected chi connectivity index (χ2v) is 5.35. The molecule has 2 aromatic carbocycles. The van der Waals surface area contributed by atoms with Crippen molar-refractivity contribution in [3.8, 4) is 0 Å². The lowest BCUT2D eigenvalue weighted by Crippen LogP contribution is -2.07. The predicted molar refractivity (Wildman–Crippen MR) is 85.5 cm³/mol. The Morgan fingerprint density at radius 3 is 2.43 bits per heavy atom. The van der Waals surface area contributed by atoms with Gasteiger partial charge in [-0.25, -0.2) is 4.39 Å². The third-order valence-electron chi connectivity index (χ3n) is 2.56. The Balaban J connectivity index is 2.05. The molecule has 108 valence electrons. The quantitative estimate of drug-likeness (QED) is 0.738. The van der Waals surface area contributed by atoms with E-state index < -0.39 is 5.82 Å². The summed E-state index contributed by atoms with van der Waals surface area (Å²) in [5.41, 5.74) is 1.14. The molecule has 0 bridgehead atoms. The molecule has 0 heterocycles. The van der Waals surface area contributed by atoms with Crippen molar-refractivity contribution in [1.29, 1.82) is 0 Å². The van der Waals surface area contributed by atoms with Crippen LogP contribution in [0.25, 0.3) is 6.08 Å². The van der Waals surface area contributed by atoms with E-state index in [0.29, 0.717) is 15.7 Å². The SMILES string of the molecule is O=C(/C=C/c1ccc(Cl)c(Cl)c1)Nc1ccc(F)c(Cl)c1. The summed E-state index contributed by atoms with van der Waals surface area (Å²) in [5, 5.41) is 3.37. The van der Waals surface area contributed by atoms with Crippen LogP contribution in [0, 0.1) is 5.82 Å². The number of nitrogens with one attached hydrogen (secondary N) is 1. The van der Waals surface area contributed by atoms with Crippen molar-refractivity contribution >= 4 is 52.5 Å². The summed E-state index contributed by atoms with van der Waals surface area (Å²) in [7, 11) is 0. The minimum Gasteiger partial charge on any atom is -0.322 e. The van der Waals surface area contributed by atoms with Gasteiger partial charge in [0.2, 0.25) is 5.91 Å². The van der Waals surface area contributed by atoms with Crippen LogP contribution in [-0.2, 0) is 4.79 Å². The van der Waals surface area contributed by atoms with Gasteiger partial charge in [-0.3, -0.25) is 4.79 Å². The fourth-order valence-electron chi connectivity index (χ4n) is 1.55. The molecular weight excluding hydrogens is 336 g/mol. The van der Waals surface area contributed by atoms with Gasteiger partial charge in [-0.1, -0.05) is 40.9 Å². The highest BCUT2D eigenvalue weighted by atomic mass is 35.5. The third kappa shape index (κ3) is 4.46. The monoisotopic (exact) mass is 343 g/mol. The van der Waals surface area contributed by atoms with Crippen LogP contribution in [0.2, 0.25) is 15.1 Å². The first-order valence-electron chi connectivity index (χ1n) is 5.85. The van der Waals surface area contributed by atoms with Crippen LogP contribution in [0.4, 0.5) is 10.1 Å². The van der Waals surface area contributed by atoms with Crippen molar-refractivity contribution < 1.29 is 9.18 Å². The fraction of sp³-hybridized carbons (Fsp3) is 0. The molecule has 0 saturated carbocycles. The minimum atomic E-state index is -0.541. The van der Waals surface area contributed by atoms with Crippen molar-refractivity contribution in [2.45, 2.75) is 0 Å². The molecule has 6 heteroatoms. The maximum Gasteiger partial charge on any atom is 0.248 e. The first-order valence-corrected chi connectivity index (χ1v) is 6.98. The standard InChI is InChI=1S/C15H9Cl3FNO/c16-11-4-1-9(7-12(11)17)2-6-15(21)20-10-3-5-14(19)13(18)8-10/h1-8H,(H,20,21)/b6-2+. The van der Waals surface area contributed by atoms with E-state index in [4.69, 9.17) is 34.8 Å². The molecule has 0 radical (unpaired) electrons. The Labute approximate surface area is 136 Å². The average Bonchev–Trinajstić information content (AvgIpc) is 2.44.